The van der Waals surface area contributed by atoms with Crippen molar-refractivity contribution in [2.24, 2.45) is 0 Å². The molecular formula is C21H23NO5S. The Balaban J connectivity index is 1.90. The van der Waals surface area contributed by atoms with Gasteiger partial charge in [-0.1, -0.05) is 36.4 Å². The van der Waals surface area contributed by atoms with Crippen molar-refractivity contribution in [1.82, 2.24) is 4.90 Å². The minimum absolute atomic E-state index is 0.233. The van der Waals surface area contributed by atoms with Crippen molar-refractivity contribution in [3.8, 4) is 11.5 Å². The summed E-state index contributed by atoms with van der Waals surface area (Å²) < 4.78 is 10.7. The SMILES string of the molecule is COc1cccc(OC)c1C(=O)N1C(CCc2ccccc2)SCC1C(=O)O. The topological polar surface area (TPSA) is 76.1 Å². The number of benzene rings is 2. The van der Waals surface area contributed by atoms with E-state index in [4.69, 9.17) is 9.47 Å². The maximum Gasteiger partial charge on any atom is 0.327 e. The molecule has 1 fully saturated rings. The van der Waals surface area contributed by atoms with Crippen LogP contribution in [0.1, 0.15) is 22.3 Å². The summed E-state index contributed by atoms with van der Waals surface area (Å²) in [5.74, 6) is -0.293. The predicted octanol–water partition coefficient (Wildman–Crippen LogP) is 3.30. The molecule has 0 aliphatic carbocycles. The quantitative estimate of drug-likeness (QED) is 0.767. The summed E-state index contributed by atoms with van der Waals surface area (Å²) in [5.41, 5.74) is 1.41. The number of carbonyl (C=O) groups is 2. The molecule has 3 rings (SSSR count). The van der Waals surface area contributed by atoms with Gasteiger partial charge in [0.05, 0.1) is 19.6 Å². The molecule has 0 saturated carbocycles. The molecule has 6 nitrogen and oxygen atoms in total. The monoisotopic (exact) mass is 401 g/mol. The molecule has 1 heterocycles. The number of nitrogens with zero attached hydrogens (tertiary/aromatic N) is 1. The van der Waals surface area contributed by atoms with E-state index in [1.807, 2.05) is 30.3 Å². The summed E-state index contributed by atoms with van der Waals surface area (Å²) >= 11 is 1.50. The highest BCUT2D eigenvalue weighted by atomic mass is 32.2. The van der Waals surface area contributed by atoms with Crippen LogP contribution in [0.15, 0.2) is 48.5 Å². The molecule has 7 heteroatoms. The van der Waals surface area contributed by atoms with E-state index in [-0.39, 0.29) is 16.8 Å². The molecule has 2 unspecified atom stereocenters. The summed E-state index contributed by atoms with van der Waals surface area (Å²) in [5, 5.41) is 9.43. The average molecular weight is 401 g/mol. The van der Waals surface area contributed by atoms with Crippen LogP contribution in [-0.4, -0.2) is 53.3 Å². The Kier molecular flexibility index (Phi) is 6.46. The minimum Gasteiger partial charge on any atom is -0.496 e. The fraction of sp³-hybridized carbons (Fsp3) is 0.333. The molecule has 1 aliphatic rings. The zero-order chi connectivity index (χ0) is 20.1. The molecule has 28 heavy (non-hydrogen) atoms. The van der Waals surface area contributed by atoms with E-state index in [0.29, 0.717) is 23.7 Å². The maximum atomic E-state index is 13.4. The highest BCUT2D eigenvalue weighted by Gasteiger charge is 2.43. The number of thioether (sulfide) groups is 1. The Morgan fingerprint density at radius 1 is 1.07 bits per heavy atom. The lowest BCUT2D eigenvalue weighted by molar-refractivity contribution is -0.141. The molecule has 2 atom stereocenters. The van der Waals surface area contributed by atoms with E-state index in [0.717, 1.165) is 12.0 Å². The number of amides is 1. The second-order valence-corrected chi connectivity index (χ2v) is 7.63. The van der Waals surface area contributed by atoms with Crippen molar-refractivity contribution in [2.75, 3.05) is 20.0 Å². The molecule has 2 aromatic rings. The number of ether oxygens (including phenoxy) is 2. The fourth-order valence-corrected chi connectivity index (χ4v) is 4.77. The van der Waals surface area contributed by atoms with Crippen molar-refractivity contribution < 1.29 is 24.2 Å². The molecular weight excluding hydrogens is 378 g/mol. The van der Waals surface area contributed by atoms with E-state index in [1.54, 1.807) is 18.2 Å². The predicted molar refractivity (Wildman–Crippen MR) is 108 cm³/mol. The van der Waals surface area contributed by atoms with Gasteiger partial charge in [0.2, 0.25) is 0 Å². The lowest BCUT2D eigenvalue weighted by Crippen LogP contribution is -2.46. The molecule has 2 aromatic carbocycles. The molecule has 0 bridgehead atoms. The normalized spacial score (nSPS) is 18.7. The van der Waals surface area contributed by atoms with Crippen molar-refractivity contribution in [1.29, 1.82) is 0 Å². The van der Waals surface area contributed by atoms with Gasteiger partial charge in [-0.05, 0) is 30.5 Å². The first kappa shape index (κ1) is 20.1. The van der Waals surface area contributed by atoms with Crippen LogP contribution >= 0.6 is 11.8 Å². The first-order valence-corrected chi connectivity index (χ1v) is 10.0. The smallest absolute Gasteiger partial charge is 0.327 e. The van der Waals surface area contributed by atoms with E-state index < -0.39 is 12.0 Å². The second kappa shape index (κ2) is 9.01. The number of carboxylic acid groups (broad SMARTS) is 1. The number of rotatable bonds is 7. The van der Waals surface area contributed by atoms with Crippen LogP contribution in [-0.2, 0) is 11.2 Å². The standard InChI is InChI=1S/C21H23NO5S/c1-26-16-9-6-10-17(27-2)19(16)20(23)22-15(21(24)25)13-28-18(22)12-11-14-7-4-3-5-8-14/h3-10,15,18H,11-13H2,1-2H3,(H,24,25). The number of methoxy groups -OCH3 is 2. The Hall–Kier alpha value is -2.67. The zero-order valence-electron chi connectivity index (χ0n) is 15.8. The molecule has 1 aliphatic heterocycles. The van der Waals surface area contributed by atoms with E-state index in [2.05, 4.69) is 0 Å². The first-order chi connectivity index (χ1) is 13.6. The molecule has 1 N–H and O–H groups in total. The first-order valence-electron chi connectivity index (χ1n) is 8.98. The average Bonchev–Trinajstić information content (AvgIpc) is 3.16. The summed E-state index contributed by atoms with van der Waals surface area (Å²) in [4.78, 5) is 26.7. The van der Waals surface area contributed by atoms with Gasteiger partial charge in [-0.2, -0.15) is 0 Å². The van der Waals surface area contributed by atoms with Gasteiger partial charge in [0, 0.05) is 5.75 Å². The summed E-state index contributed by atoms with van der Waals surface area (Å²) in [6, 6.07) is 14.2. The highest BCUT2D eigenvalue weighted by molar-refractivity contribution is 8.00. The van der Waals surface area contributed by atoms with Crippen LogP contribution in [0.25, 0.3) is 0 Å². The van der Waals surface area contributed by atoms with Crippen LogP contribution in [0.3, 0.4) is 0 Å². The van der Waals surface area contributed by atoms with Gasteiger partial charge < -0.3 is 19.5 Å². The van der Waals surface area contributed by atoms with Crippen LogP contribution in [0.4, 0.5) is 0 Å². The van der Waals surface area contributed by atoms with Gasteiger partial charge in [-0.3, -0.25) is 4.79 Å². The Bertz CT molecular complexity index is 820. The Morgan fingerprint density at radius 2 is 1.71 bits per heavy atom. The van der Waals surface area contributed by atoms with E-state index >= 15 is 0 Å². The van der Waals surface area contributed by atoms with E-state index in [9.17, 15) is 14.7 Å². The Labute approximate surface area is 168 Å². The minimum atomic E-state index is -1.00. The van der Waals surface area contributed by atoms with Crippen LogP contribution in [0.2, 0.25) is 0 Å². The third kappa shape index (κ3) is 4.09. The lowest BCUT2D eigenvalue weighted by atomic mass is 10.1. The van der Waals surface area contributed by atoms with Crippen molar-refractivity contribution >= 4 is 23.6 Å². The molecule has 148 valence electrons. The molecule has 0 aromatic heterocycles. The Morgan fingerprint density at radius 3 is 2.29 bits per heavy atom. The number of aliphatic carboxylic acids is 1. The molecule has 0 spiro atoms. The largest absolute Gasteiger partial charge is 0.496 e. The van der Waals surface area contributed by atoms with Crippen molar-refractivity contribution in [2.45, 2.75) is 24.3 Å². The zero-order valence-corrected chi connectivity index (χ0v) is 16.6. The van der Waals surface area contributed by atoms with Gasteiger partial charge in [0.1, 0.15) is 23.1 Å². The summed E-state index contributed by atoms with van der Waals surface area (Å²) in [6.07, 6.45) is 1.43. The van der Waals surface area contributed by atoms with Crippen LogP contribution in [0, 0.1) is 0 Å². The van der Waals surface area contributed by atoms with E-state index in [1.165, 1.54) is 30.9 Å². The fourth-order valence-electron chi connectivity index (χ4n) is 3.37. The number of hydrogen-bond acceptors (Lipinski definition) is 5. The molecule has 0 radical (unpaired) electrons. The third-order valence-electron chi connectivity index (χ3n) is 4.78. The van der Waals surface area contributed by atoms with Crippen LogP contribution < -0.4 is 9.47 Å². The second-order valence-electron chi connectivity index (χ2n) is 6.42. The van der Waals surface area contributed by atoms with Crippen LogP contribution in [0.5, 0.6) is 11.5 Å². The van der Waals surface area contributed by atoms with Crippen molar-refractivity contribution in [3.63, 3.8) is 0 Å². The van der Waals surface area contributed by atoms with Gasteiger partial charge in [0.25, 0.3) is 5.91 Å². The summed E-state index contributed by atoms with van der Waals surface area (Å²) in [6.45, 7) is 0. The highest BCUT2D eigenvalue weighted by Crippen LogP contribution is 2.37. The number of hydrogen-bond donors (Lipinski definition) is 1. The number of carboxylic acids is 1. The summed E-state index contributed by atoms with van der Waals surface area (Å²) in [7, 11) is 2.96. The maximum absolute atomic E-state index is 13.4. The number of carbonyl (C=O) groups excluding carboxylic acids is 1. The van der Waals surface area contributed by atoms with Crippen molar-refractivity contribution in [3.05, 3.63) is 59.7 Å². The van der Waals surface area contributed by atoms with Gasteiger partial charge in [-0.15, -0.1) is 11.8 Å². The molecule has 1 amide bonds. The number of aryl methyl sites for hydroxylation is 1. The third-order valence-corrected chi connectivity index (χ3v) is 6.13. The van der Waals surface area contributed by atoms with Gasteiger partial charge in [-0.25, -0.2) is 4.79 Å². The lowest BCUT2D eigenvalue weighted by Gasteiger charge is -2.28. The van der Waals surface area contributed by atoms with Gasteiger partial charge in [0.15, 0.2) is 0 Å². The molecule has 1 saturated heterocycles. The van der Waals surface area contributed by atoms with Gasteiger partial charge >= 0.3 is 5.97 Å².